The molecule has 0 bridgehead atoms. The van der Waals surface area contributed by atoms with Crippen LogP contribution in [0.4, 0.5) is 0 Å². The second-order valence-corrected chi connectivity index (χ2v) is 9.61. The van der Waals surface area contributed by atoms with Gasteiger partial charge in [0.1, 0.15) is 0 Å². The van der Waals surface area contributed by atoms with Crippen molar-refractivity contribution in [3.8, 4) is 0 Å². The lowest BCUT2D eigenvalue weighted by Crippen LogP contribution is -2.55. The molecule has 0 aliphatic carbocycles. The van der Waals surface area contributed by atoms with E-state index in [1.807, 2.05) is 0 Å². The molecule has 3 heterocycles. The van der Waals surface area contributed by atoms with Crippen LogP contribution in [0, 0.1) is 0 Å². The Bertz CT molecular complexity index is 518. The third kappa shape index (κ3) is 4.54. The zero-order valence-electron chi connectivity index (χ0n) is 15.8. The van der Waals surface area contributed by atoms with Crippen LogP contribution in [0.25, 0.3) is 0 Å². The molecule has 0 aromatic rings. The van der Waals surface area contributed by atoms with Crippen LogP contribution >= 0.6 is 0 Å². The van der Waals surface area contributed by atoms with Crippen LogP contribution in [0.3, 0.4) is 0 Å². The van der Waals surface area contributed by atoms with Crippen molar-refractivity contribution in [2.75, 3.05) is 46.4 Å². The zero-order chi connectivity index (χ0) is 18.0. The Labute approximate surface area is 152 Å². The predicted molar refractivity (Wildman–Crippen MR) is 96.7 cm³/mol. The molecule has 0 saturated carbocycles. The monoisotopic (exact) mass is 375 g/mol. The minimum atomic E-state index is -3.32. The standard InChI is InChI=1S/C17H33N3O4S/c1-14-12-18(13-15(2)24-14)16-4-8-19(9-5-16)25(21,22)20-10-6-17(23-3)7-11-20/h14-17H,4-13H2,1-3H3/t14-,15+. The summed E-state index contributed by atoms with van der Waals surface area (Å²) in [5, 5.41) is 0. The van der Waals surface area contributed by atoms with Gasteiger partial charge in [-0.15, -0.1) is 0 Å². The first-order valence-corrected chi connectivity index (χ1v) is 11.0. The molecule has 0 aromatic heterocycles. The molecule has 3 saturated heterocycles. The third-order valence-corrected chi connectivity index (χ3v) is 7.81. The average molecular weight is 376 g/mol. The van der Waals surface area contributed by atoms with Crippen LogP contribution in [0.15, 0.2) is 0 Å². The third-order valence-electron chi connectivity index (χ3n) is 5.77. The predicted octanol–water partition coefficient (Wildman–Crippen LogP) is 0.916. The topological polar surface area (TPSA) is 62.3 Å². The minimum Gasteiger partial charge on any atom is -0.381 e. The highest BCUT2D eigenvalue weighted by molar-refractivity contribution is 7.86. The van der Waals surface area contributed by atoms with E-state index in [0.717, 1.165) is 38.8 Å². The van der Waals surface area contributed by atoms with E-state index >= 15 is 0 Å². The smallest absolute Gasteiger partial charge is 0.281 e. The molecule has 3 aliphatic heterocycles. The molecule has 25 heavy (non-hydrogen) atoms. The molecule has 3 aliphatic rings. The fourth-order valence-corrected chi connectivity index (χ4v) is 6.09. The van der Waals surface area contributed by atoms with Gasteiger partial charge in [0.25, 0.3) is 10.2 Å². The summed E-state index contributed by atoms with van der Waals surface area (Å²) in [5.74, 6) is 0. The maximum Gasteiger partial charge on any atom is 0.281 e. The van der Waals surface area contributed by atoms with E-state index in [2.05, 4.69) is 18.7 Å². The van der Waals surface area contributed by atoms with Gasteiger partial charge in [0.05, 0.1) is 18.3 Å². The van der Waals surface area contributed by atoms with Gasteiger partial charge in [0.2, 0.25) is 0 Å². The van der Waals surface area contributed by atoms with Gasteiger partial charge in [-0.05, 0) is 39.5 Å². The highest BCUT2D eigenvalue weighted by atomic mass is 32.2. The number of piperidine rings is 2. The number of methoxy groups -OCH3 is 1. The summed E-state index contributed by atoms with van der Waals surface area (Å²) >= 11 is 0. The molecule has 0 aromatic carbocycles. The Morgan fingerprint density at radius 1 is 0.880 bits per heavy atom. The van der Waals surface area contributed by atoms with Gasteiger partial charge in [-0.1, -0.05) is 0 Å². The highest BCUT2D eigenvalue weighted by Crippen LogP contribution is 2.25. The first-order chi connectivity index (χ1) is 11.9. The highest BCUT2D eigenvalue weighted by Gasteiger charge is 2.37. The lowest BCUT2D eigenvalue weighted by atomic mass is 10.0. The zero-order valence-corrected chi connectivity index (χ0v) is 16.6. The molecule has 8 heteroatoms. The molecular weight excluding hydrogens is 342 g/mol. The van der Waals surface area contributed by atoms with E-state index in [0.29, 0.717) is 32.2 Å². The molecule has 0 amide bonds. The van der Waals surface area contributed by atoms with Crippen molar-refractivity contribution in [3.63, 3.8) is 0 Å². The Kier molecular flexibility index (Phi) is 6.39. The largest absolute Gasteiger partial charge is 0.381 e. The molecule has 0 unspecified atom stereocenters. The second kappa shape index (κ2) is 8.19. The Morgan fingerprint density at radius 3 is 1.84 bits per heavy atom. The van der Waals surface area contributed by atoms with Crippen LogP contribution in [0.5, 0.6) is 0 Å². The first kappa shape index (κ1) is 19.5. The summed E-state index contributed by atoms with van der Waals surface area (Å²) < 4.78 is 40.3. The van der Waals surface area contributed by atoms with E-state index in [4.69, 9.17) is 9.47 Å². The van der Waals surface area contributed by atoms with Gasteiger partial charge in [-0.25, -0.2) is 0 Å². The lowest BCUT2D eigenvalue weighted by molar-refractivity contribution is -0.0848. The Morgan fingerprint density at radius 2 is 1.36 bits per heavy atom. The summed E-state index contributed by atoms with van der Waals surface area (Å²) in [6.45, 7) is 8.52. The molecule has 0 spiro atoms. The number of hydrogen-bond donors (Lipinski definition) is 0. The Hall–Kier alpha value is -0.250. The van der Waals surface area contributed by atoms with Crippen molar-refractivity contribution in [1.29, 1.82) is 0 Å². The minimum absolute atomic E-state index is 0.197. The lowest BCUT2D eigenvalue weighted by Gasteiger charge is -2.44. The summed E-state index contributed by atoms with van der Waals surface area (Å²) in [5.41, 5.74) is 0. The number of nitrogens with zero attached hydrogens (tertiary/aromatic N) is 3. The van der Waals surface area contributed by atoms with Crippen molar-refractivity contribution in [1.82, 2.24) is 13.5 Å². The van der Waals surface area contributed by atoms with E-state index in [-0.39, 0.29) is 18.3 Å². The van der Waals surface area contributed by atoms with Gasteiger partial charge in [0, 0.05) is 52.4 Å². The van der Waals surface area contributed by atoms with Crippen LogP contribution in [0.2, 0.25) is 0 Å². The number of hydrogen-bond acceptors (Lipinski definition) is 5. The van der Waals surface area contributed by atoms with Crippen molar-refractivity contribution in [2.45, 2.75) is 63.9 Å². The number of ether oxygens (including phenoxy) is 2. The maximum atomic E-state index is 12.9. The van der Waals surface area contributed by atoms with E-state index in [1.165, 1.54) is 0 Å². The molecule has 0 radical (unpaired) electrons. The second-order valence-electron chi connectivity index (χ2n) is 7.68. The fraction of sp³-hybridized carbons (Fsp3) is 1.00. The molecule has 3 rings (SSSR count). The van der Waals surface area contributed by atoms with Crippen molar-refractivity contribution >= 4 is 10.2 Å². The van der Waals surface area contributed by atoms with Gasteiger partial charge in [0.15, 0.2) is 0 Å². The number of morpholine rings is 1. The van der Waals surface area contributed by atoms with Crippen LogP contribution in [-0.2, 0) is 19.7 Å². The van der Waals surface area contributed by atoms with Crippen molar-refractivity contribution in [2.24, 2.45) is 0 Å². The molecule has 2 atom stereocenters. The summed E-state index contributed by atoms with van der Waals surface area (Å²) in [6, 6.07) is 0.472. The normalized spacial score (nSPS) is 32.9. The van der Waals surface area contributed by atoms with Crippen molar-refractivity contribution < 1.29 is 17.9 Å². The molecule has 3 fully saturated rings. The molecular formula is C17H33N3O4S. The van der Waals surface area contributed by atoms with Crippen LogP contribution < -0.4 is 0 Å². The summed E-state index contributed by atoms with van der Waals surface area (Å²) in [7, 11) is -1.62. The molecule has 146 valence electrons. The summed E-state index contributed by atoms with van der Waals surface area (Å²) in [6.07, 6.45) is 4.11. The Balaban J connectivity index is 1.53. The van der Waals surface area contributed by atoms with Crippen LogP contribution in [0.1, 0.15) is 39.5 Å². The SMILES string of the molecule is COC1CCN(S(=O)(=O)N2CCC(N3C[C@@H](C)O[C@@H](C)C3)CC2)CC1. The van der Waals surface area contributed by atoms with Crippen LogP contribution in [-0.4, -0.2) is 92.7 Å². The quantitative estimate of drug-likeness (QED) is 0.731. The van der Waals surface area contributed by atoms with Crippen molar-refractivity contribution in [3.05, 3.63) is 0 Å². The van der Waals surface area contributed by atoms with Gasteiger partial charge < -0.3 is 9.47 Å². The van der Waals surface area contributed by atoms with Gasteiger partial charge in [-0.2, -0.15) is 17.0 Å². The van der Waals surface area contributed by atoms with E-state index < -0.39 is 10.2 Å². The van der Waals surface area contributed by atoms with E-state index in [1.54, 1.807) is 15.7 Å². The average Bonchev–Trinajstić information content (AvgIpc) is 2.61. The van der Waals surface area contributed by atoms with Gasteiger partial charge in [-0.3, -0.25) is 4.90 Å². The van der Waals surface area contributed by atoms with Gasteiger partial charge >= 0.3 is 0 Å². The van der Waals surface area contributed by atoms with E-state index in [9.17, 15) is 8.42 Å². The molecule has 0 N–H and O–H groups in total. The summed E-state index contributed by atoms with van der Waals surface area (Å²) in [4.78, 5) is 2.49. The first-order valence-electron chi connectivity index (χ1n) is 9.57. The fourth-order valence-electron chi connectivity index (χ4n) is 4.42. The number of rotatable bonds is 4. The molecule has 7 nitrogen and oxygen atoms in total. The maximum absolute atomic E-state index is 12.9.